The van der Waals surface area contributed by atoms with Crippen LogP contribution in [0.1, 0.15) is 18.5 Å². The second kappa shape index (κ2) is 6.44. The number of fused-ring (bicyclic) bond motifs is 1. The van der Waals surface area contributed by atoms with Gasteiger partial charge in [-0.1, -0.05) is 48.5 Å². The van der Waals surface area contributed by atoms with Crippen LogP contribution < -0.4 is 4.74 Å². The van der Waals surface area contributed by atoms with Crippen molar-refractivity contribution in [1.29, 1.82) is 0 Å². The van der Waals surface area contributed by atoms with E-state index in [0.717, 1.165) is 11.1 Å². The molecule has 0 saturated carbocycles. The van der Waals surface area contributed by atoms with Gasteiger partial charge >= 0.3 is 0 Å². The topological polar surface area (TPSA) is 27.1 Å². The van der Waals surface area contributed by atoms with Gasteiger partial charge in [-0.3, -0.25) is 0 Å². The molecule has 2 heterocycles. The van der Waals surface area contributed by atoms with Gasteiger partial charge in [0.25, 0.3) is 0 Å². The number of methoxy groups -OCH3 is 1. The van der Waals surface area contributed by atoms with Gasteiger partial charge in [-0.05, 0) is 41.0 Å². The summed E-state index contributed by atoms with van der Waals surface area (Å²) in [6.45, 7) is 2.22. The molecular weight excluding hydrogens is 308 g/mol. The Morgan fingerprint density at radius 2 is 1.56 bits per heavy atom. The Morgan fingerprint density at radius 1 is 0.880 bits per heavy atom. The van der Waals surface area contributed by atoms with Crippen molar-refractivity contribution in [1.82, 2.24) is 9.55 Å². The van der Waals surface area contributed by atoms with Gasteiger partial charge in [-0.2, -0.15) is 0 Å². The molecule has 25 heavy (non-hydrogen) atoms. The second-order valence-electron chi connectivity index (χ2n) is 6.19. The summed E-state index contributed by atoms with van der Waals surface area (Å²) < 4.78 is 7.63. The SMILES string of the molecule is COc1ncccc1-c1ccc([C@@H](C)n2cc3ccccc3c2)cc1. The molecule has 0 unspecified atom stereocenters. The van der Waals surface area contributed by atoms with E-state index < -0.39 is 0 Å². The molecule has 0 saturated heterocycles. The van der Waals surface area contributed by atoms with Gasteiger partial charge in [-0.25, -0.2) is 4.98 Å². The third kappa shape index (κ3) is 2.89. The zero-order valence-corrected chi connectivity index (χ0v) is 14.4. The van der Waals surface area contributed by atoms with Crippen LogP contribution in [0, 0.1) is 0 Å². The number of benzene rings is 2. The summed E-state index contributed by atoms with van der Waals surface area (Å²) in [5.41, 5.74) is 3.39. The highest BCUT2D eigenvalue weighted by Crippen LogP contribution is 2.29. The smallest absolute Gasteiger partial charge is 0.221 e. The van der Waals surface area contributed by atoms with E-state index in [2.05, 4.69) is 77.4 Å². The summed E-state index contributed by atoms with van der Waals surface area (Å²) in [5, 5.41) is 2.54. The first-order valence-electron chi connectivity index (χ1n) is 8.42. The van der Waals surface area contributed by atoms with Crippen molar-refractivity contribution in [2.45, 2.75) is 13.0 Å². The lowest BCUT2D eigenvalue weighted by atomic mass is 10.0. The van der Waals surface area contributed by atoms with E-state index in [1.54, 1.807) is 13.3 Å². The molecule has 0 aliphatic rings. The average molecular weight is 328 g/mol. The van der Waals surface area contributed by atoms with Crippen LogP contribution in [-0.2, 0) is 0 Å². The zero-order valence-electron chi connectivity index (χ0n) is 14.4. The van der Waals surface area contributed by atoms with Gasteiger partial charge in [0.15, 0.2) is 0 Å². The van der Waals surface area contributed by atoms with Gasteiger partial charge in [-0.15, -0.1) is 0 Å². The van der Waals surface area contributed by atoms with Crippen molar-refractivity contribution in [2.24, 2.45) is 0 Å². The molecule has 0 fully saturated rings. The van der Waals surface area contributed by atoms with E-state index in [4.69, 9.17) is 4.74 Å². The van der Waals surface area contributed by atoms with Crippen molar-refractivity contribution < 1.29 is 4.74 Å². The first kappa shape index (κ1) is 15.5. The molecule has 0 aliphatic carbocycles. The Kier molecular flexibility index (Phi) is 3.98. The summed E-state index contributed by atoms with van der Waals surface area (Å²) in [4.78, 5) is 4.28. The fourth-order valence-corrected chi connectivity index (χ4v) is 3.21. The molecule has 124 valence electrons. The molecule has 0 amide bonds. The molecule has 1 atom stereocenters. The Bertz CT molecular complexity index is 969. The Hall–Kier alpha value is -3.07. The van der Waals surface area contributed by atoms with Crippen molar-refractivity contribution in [3.05, 3.63) is 84.8 Å². The highest BCUT2D eigenvalue weighted by Gasteiger charge is 2.10. The molecule has 4 rings (SSSR count). The zero-order chi connectivity index (χ0) is 17.2. The molecule has 3 heteroatoms. The average Bonchev–Trinajstić information content (AvgIpc) is 3.12. The molecule has 4 aromatic rings. The molecule has 2 aromatic heterocycles. The summed E-state index contributed by atoms with van der Waals surface area (Å²) in [6, 6.07) is 21.3. The summed E-state index contributed by atoms with van der Waals surface area (Å²) >= 11 is 0. The highest BCUT2D eigenvalue weighted by molar-refractivity contribution is 5.82. The third-order valence-corrected chi connectivity index (χ3v) is 4.69. The quantitative estimate of drug-likeness (QED) is 0.507. The molecule has 0 aliphatic heterocycles. The number of hydrogen-bond donors (Lipinski definition) is 0. The van der Waals surface area contributed by atoms with E-state index in [1.807, 2.05) is 12.1 Å². The maximum absolute atomic E-state index is 5.37. The maximum Gasteiger partial charge on any atom is 0.221 e. The van der Waals surface area contributed by atoms with Crippen LogP contribution in [-0.4, -0.2) is 16.7 Å². The van der Waals surface area contributed by atoms with Gasteiger partial charge in [0.2, 0.25) is 5.88 Å². The van der Waals surface area contributed by atoms with Gasteiger partial charge in [0.05, 0.1) is 13.2 Å². The molecule has 3 nitrogen and oxygen atoms in total. The fraction of sp³-hybridized carbons (Fsp3) is 0.136. The number of rotatable bonds is 4. The van der Waals surface area contributed by atoms with Gasteiger partial charge < -0.3 is 9.30 Å². The molecule has 0 N–H and O–H groups in total. The van der Waals surface area contributed by atoms with Crippen LogP contribution in [0.25, 0.3) is 21.9 Å². The minimum Gasteiger partial charge on any atom is -0.481 e. The van der Waals surface area contributed by atoms with Gasteiger partial charge in [0.1, 0.15) is 0 Å². The lowest BCUT2D eigenvalue weighted by Crippen LogP contribution is -2.03. The standard InChI is InChI=1S/C22H20N2O/c1-16(24-14-19-6-3-4-7-20(19)15-24)17-9-11-18(12-10-17)21-8-5-13-23-22(21)25-2/h3-16H,1-2H3/t16-/m1/s1. The molecule has 0 bridgehead atoms. The van der Waals surface area contributed by atoms with E-state index >= 15 is 0 Å². The lowest BCUT2D eigenvalue weighted by Gasteiger charge is -2.15. The van der Waals surface area contributed by atoms with E-state index in [1.165, 1.54) is 16.3 Å². The van der Waals surface area contributed by atoms with E-state index in [0.29, 0.717) is 5.88 Å². The van der Waals surface area contributed by atoms with Crippen LogP contribution in [0.3, 0.4) is 0 Å². The van der Waals surface area contributed by atoms with Crippen LogP contribution in [0.15, 0.2) is 79.3 Å². The summed E-state index contributed by atoms with van der Waals surface area (Å²) in [6.07, 6.45) is 6.16. The Balaban J connectivity index is 1.65. The predicted molar refractivity (Wildman–Crippen MR) is 102 cm³/mol. The second-order valence-corrected chi connectivity index (χ2v) is 6.19. The van der Waals surface area contributed by atoms with Crippen molar-refractivity contribution in [3.8, 4) is 17.0 Å². The normalized spacial score (nSPS) is 12.2. The fourth-order valence-electron chi connectivity index (χ4n) is 3.21. The van der Waals surface area contributed by atoms with Crippen LogP contribution >= 0.6 is 0 Å². The minimum atomic E-state index is 0.275. The Morgan fingerprint density at radius 3 is 2.20 bits per heavy atom. The highest BCUT2D eigenvalue weighted by atomic mass is 16.5. The Labute approximate surface area is 147 Å². The lowest BCUT2D eigenvalue weighted by molar-refractivity contribution is 0.399. The number of hydrogen-bond acceptors (Lipinski definition) is 2. The molecule has 0 radical (unpaired) electrons. The van der Waals surface area contributed by atoms with Gasteiger partial charge in [0, 0.05) is 24.2 Å². The first-order valence-corrected chi connectivity index (χ1v) is 8.42. The minimum absolute atomic E-state index is 0.275. The van der Waals surface area contributed by atoms with Crippen molar-refractivity contribution in [3.63, 3.8) is 0 Å². The van der Waals surface area contributed by atoms with E-state index in [9.17, 15) is 0 Å². The molecule has 2 aromatic carbocycles. The predicted octanol–water partition coefficient (Wildman–Crippen LogP) is 5.32. The monoisotopic (exact) mass is 328 g/mol. The summed E-state index contributed by atoms with van der Waals surface area (Å²) in [5.74, 6) is 0.653. The number of ether oxygens (including phenoxy) is 1. The van der Waals surface area contributed by atoms with Crippen molar-refractivity contribution >= 4 is 10.8 Å². The van der Waals surface area contributed by atoms with Crippen LogP contribution in [0.2, 0.25) is 0 Å². The molecular formula is C22H20N2O. The van der Waals surface area contributed by atoms with Crippen LogP contribution in [0.4, 0.5) is 0 Å². The largest absolute Gasteiger partial charge is 0.481 e. The number of pyridine rings is 1. The molecule has 0 spiro atoms. The van der Waals surface area contributed by atoms with Crippen molar-refractivity contribution in [2.75, 3.05) is 7.11 Å². The van der Waals surface area contributed by atoms with Crippen LogP contribution in [0.5, 0.6) is 5.88 Å². The first-order chi connectivity index (χ1) is 12.3. The number of nitrogens with zero attached hydrogens (tertiary/aromatic N) is 2. The maximum atomic E-state index is 5.37. The summed E-state index contributed by atoms with van der Waals surface area (Å²) in [7, 11) is 1.65. The third-order valence-electron chi connectivity index (χ3n) is 4.69. The number of aromatic nitrogens is 2. The van der Waals surface area contributed by atoms with E-state index in [-0.39, 0.29) is 6.04 Å².